The van der Waals surface area contributed by atoms with Crippen LogP contribution < -0.4 is 5.32 Å². The normalized spacial score (nSPS) is 26.5. The number of carboxylic acids is 1. The molecule has 0 aromatic heterocycles. The summed E-state index contributed by atoms with van der Waals surface area (Å²) in [5.74, 6) is -1.49. The van der Waals surface area contributed by atoms with Gasteiger partial charge >= 0.3 is 5.97 Å². The molecule has 1 unspecified atom stereocenters. The van der Waals surface area contributed by atoms with E-state index in [1.807, 2.05) is 0 Å². The molecule has 5 nitrogen and oxygen atoms in total. The lowest BCUT2D eigenvalue weighted by Crippen LogP contribution is -2.56. The first-order valence-electron chi connectivity index (χ1n) is 4.61. The Hall–Kier alpha value is -1.10. The van der Waals surface area contributed by atoms with E-state index in [4.69, 9.17) is 9.84 Å². The molecule has 1 heterocycles. The fraction of sp³-hybridized carbons (Fsp3) is 0.778. The van der Waals surface area contributed by atoms with Crippen LogP contribution in [0.2, 0.25) is 0 Å². The van der Waals surface area contributed by atoms with E-state index in [0.29, 0.717) is 13.0 Å². The van der Waals surface area contributed by atoms with Crippen LogP contribution in [0.15, 0.2) is 0 Å². The van der Waals surface area contributed by atoms with E-state index in [2.05, 4.69) is 5.32 Å². The highest BCUT2D eigenvalue weighted by Crippen LogP contribution is 2.19. The summed E-state index contributed by atoms with van der Waals surface area (Å²) in [5.41, 5.74) is -1.21. The molecule has 1 amide bonds. The Labute approximate surface area is 82.4 Å². The van der Waals surface area contributed by atoms with E-state index < -0.39 is 11.5 Å². The second-order valence-electron chi connectivity index (χ2n) is 3.83. The third-order valence-corrected chi connectivity index (χ3v) is 2.32. The number of amides is 1. The van der Waals surface area contributed by atoms with Gasteiger partial charge in [0.05, 0.1) is 6.61 Å². The zero-order valence-corrected chi connectivity index (χ0v) is 8.37. The van der Waals surface area contributed by atoms with Crippen molar-refractivity contribution < 1.29 is 19.4 Å². The molecule has 1 saturated heterocycles. The first kappa shape index (κ1) is 11.0. The van der Waals surface area contributed by atoms with Gasteiger partial charge < -0.3 is 15.2 Å². The largest absolute Gasteiger partial charge is 0.479 e. The van der Waals surface area contributed by atoms with Gasteiger partial charge in [0.15, 0.2) is 5.54 Å². The second kappa shape index (κ2) is 3.96. The number of rotatable bonds is 3. The number of ether oxygens (including phenoxy) is 1. The summed E-state index contributed by atoms with van der Waals surface area (Å²) in [6.07, 6.45) is 0.334. The Morgan fingerprint density at radius 3 is 2.50 bits per heavy atom. The van der Waals surface area contributed by atoms with Crippen molar-refractivity contribution in [3.63, 3.8) is 0 Å². The van der Waals surface area contributed by atoms with Crippen LogP contribution in [0.4, 0.5) is 0 Å². The number of hydrogen-bond donors (Lipinski definition) is 2. The third-order valence-electron chi connectivity index (χ3n) is 2.32. The van der Waals surface area contributed by atoms with Crippen molar-refractivity contribution in [2.24, 2.45) is 5.92 Å². The van der Waals surface area contributed by atoms with Gasteiger partial charge in [0.2, 0.25) is 5.91 Å². The van der Waals surface area contributed by atoms with Crippen molar-refractivity contribution in [1.82, 2.24) is 5.32 Å². The van der Waals surface area contributed by atoms with Crippen LogP contribution in [-0.2, 0) is 14.3 Å². The summed E-state index contributed by atoms with van der Waals surface area (Å²) in [6, 6.07) is 0. The SMILES string of the molecule is CC(C)C(=O)NC1(C(=O)O)CCOC1. The van der Waals surface area contributed by atoms with Gasteiger partial charge in [-0.15, -0.1) is 0 Å². The summed E-state index contributed by atoms with van der Waals surface area (Å²) >= 11 is 0. The Kier molecular flexibility index (Phi) is 3.10. The zero-order valence-electron chi connectivity index (χ0n) is 8.37. The molecular weight excluding hydrogens is 186 g/mol. The topological polar surface area (TPSA) is 75.6 Å². The van der Waals surface area contributed by atoms with Crippen molar-refractivity contribution in [3.8, 4) is 0 Å². The van der Waals surface area contributed by atoms with E-state index in [9.17, 15) is 9.59 Å². The van der Waals surface area contributed by atoms with Gasteiger partial charge in [-0.25, -0.2) is 4.79 Å². The molecule has 1 atom stereocenters. The van der Waals surface area contributed by atoms with E-state index in [-0.39, 0.29) is 18.4 Å². The first-order chi connectivity index (χ1) is 6.48. The summed E-state index contributed by atoms with van der Waals surface area (Å²) < 4.78 is 5.01. The fourth-order valence-corrected chi connectivity index (χ4v) is 1.27. The molecule has 1 fully saturated rings. The van der Waals surface area contributed by atoms with Gasteiger partial charge in [0.25, 0.3) is 0 Å². The highest BCUT2D eigenvalue weighted by molar-refractivity contribution is 5.88. The number of hydrogen-bond acceptors (Lipinski definition) is 3. The lowest BCUT2D eigenvalue weighted by atomic mass is 9.98. The van der Waals surface area contributed by atoms with Gasteiger partial charge in [0.1, 0.15) is 0 Å². The lowest BCUT2D eigenvalue weighted by Gasteiger charge is -2.24. The maximum Gasteiger partial charge on any atom is 0.331 e. The van der Waals surface area contributed by atoms with Gasteiger partial charge in [0, 0.05) is 18.9 Å². The van der Waals surface area contributed by atoms with Crippen LogP contribution in [0.25, 0.3) is 0 Å². The molecule has 0 spiro atoms. The molecule has 1 rings (SSSR count). The Balaban J connectivity index is 2.70. The molecule has 1 aliphatic rings. The van der Waals surface area contributed by atoms with Crippen LogP contribution >= 0.6 is 0 Å². The predicted octanol–water partition coefficient (Wildman–Crippen LogP) is 0.00230. The van der Waals surface area contributed by atoms with Crippen LogP contribution in [0.1, 0.15) is 20.3 Å². The van der Waals surface area contributed by atoms with Crippen molar-refractivity contribution in [2.75, 3.05) is 13.2 Å². The first-order valence-corrected chi connectivity index (χ1v) is 4.61. The van der Waals surface area contributed by atoms with E-state index in [1.165, 1.54) is 0 Å². The summed E-state index contributed by atoms with van der Waals surface area (Å²) in [7, 11) is 0. The van der Waals surface area contributed by atoms with Crippen LogP contribution in [0.5, 0.6) is 0 Å². The molecular formula is C9H15NO4. The van der Waals surface area contributed by atoms with Gasteiger partial charge in [-0.05, 0) is 0 Å². The van der Waals surface area contributed by atoms with Crippen LogP contribution in [-0.4, -0.2) is 35.7 Å². The van der Waals surface area contributed by atoms with Gasteiger partial charge in [-0.2, -0.15) is 0 Å². The van der Waals surface area contributed by atoms with Gasteiger partial charge in [-0.3, -0.25) is 4.79 Å². The highest BCUT2D eigenvalue weighted by Gasteiger charge is 2.44. The van der Waals surface area contributed by atoms with Crippen LogP contribution in [0.3, 0.4) is 0 Å². The molecule has 0 aromatic carbocycles. The molecule has 5 heteroatoms. The van der Waals surface area contributed by atoms with Gasteiger partial charge in [-0.1, -0.05) is 13.8 Å². The number of nitrogens with one attached hydrogen (secondary N) is 1. The molecule has 0 radical (unpaired) electrons. The van der Waals surface area contributed by atoms with Crippen molar-refractivity contribution >= 4 is 11.9 Å². The van der Waals surface area contributed by atoms with E-state index in [1.54, 1.807) is 13.8 Å². The third kappa shape index (κ3) is 2.04. The quantitative estimate of drug-likeness (QED) is 0.674. The number of carbonyl (C=O) groups is 2. The zero-order chi connectivity index (χ0) is 10.8. The Bertz CT molecular complexity index is 243. The molecule has 0 aromatic rings. The molecule has 0 saturated carbocycles. The number of aliphatic carboxylic acids is 1. The predicted molar refractivity (Wildman–Crippen MR) is 48.8 cm³/mol. The minimum Gasteiger partial charge on any atom is -0.479 e. The average molecular weight is 201 g/mol. The van der Waals surface area contributed by atoms with E-state index >= 15 is 0 Å². The molecule has 1 aliphatic heterocycles. The Morgan fingerprint density at radius 2 is 2.14 bits per heavy atom. The monoisotopic (exact) mass is 201 g/mol. The number of carboxylic acid groups (broad SMARTS) is 1. The molecule has 0 aliphatic carbocycles. The maximum absolute atomic E-state index is 11.4. The van der Waals surface area contributed by atoms with E-state index in [0.717, 1.165) is 0 Å². The minimum absolute atomic E-state index is 0.0563. The lowest BCUT2D eigenvalue weighted by molar-refractivity contribution is -0.148. The summed E-state index contributed by atoms with van der Waals surface area (Å²) in [6.45, 7) is 3.88. The smallest absolute Gasteiger partial charge is 0.331 e. The maximum atomic E-state index is 11.4. The van der Waals surface area contributed by atoms with Crippen molar-refractivity contribution in [3.05, 3.63) is 0 Å². The van der Waals surface area contributed by atoms with Crippen molar-refractivity contribution in [2.45, 2.75) is 25.8 Å². The second-order valence-corrected chi connectivity index (χ2v) is 3.83. The molecule has 14 heavy (non-hydrogen) atoms. The Morgan fingerprint density at radius 1 is 1.50 bits per heavy atom. The summed E-state index contributed by atoms with van der Waals surface area (Å²) in [4.78, 5) is 22.4. The number of carbonyl (C=O) groups excluding carboxylic acids is 1. The highest BCUT2D eigenvalue weighted by atomic mass is 16.5. The molecule has 2 N–H and O–H groups in total. The average Bonchev–Trinajstić information content (AvgIpc) is 2.53. The minimum atomic E-state index is -1.21. The molecule has 0 bridgehead atoms. The fourth-order valence-electron chi connectivity index (χ4n) is 1.27. The standard InChI is InChI=1S/C9H15NO4/c1-6(2)7(11)10-9(8(12)13)3-4-14-5-9/h6H,3-5H2,1-2H3,(H,10,11)(H,12,13). The van der Waals surface area contributed by atoms with Crippen LogP contribution in [0, 0.1) is 5.92 Å². The van der Waals surface area contributed by atoms with Crippen molar-refractivity contribution in [1.29, 1.82) is 0 Å². The molecule has 80 valence electrons. The summed E-state index contributed by atoms with van der Waals surface area (Å²) in [5, 5.41) is 11.5.